The first-order valence-corrected chi connectivity index (χ1v) is 6.38. The van der Waals surface area contributed by atoms with Crippen molar-refractivity contribution >= 4 is 17.6 Å². The molecule has 0 spiro atoms. The molecule has 0 fully saturated rings. The number of nitrogens with zero attached hydrogens (tertiary/aromatic N) is 1. The minimum absolute atomic E-state index is 0.210. The molecule has 1 rings (SSSR count). The van der Waals surface area contributed by atoms with Gasteiger partial charge in [-0.05, 0) is 32.9 Å². The van der Waals surface area contributed by atoms with Gasteiger partial charge >= 0.3 is 0 Å². The third-order valence-corrected chi connectivity index (χ3v) is 2.43. The van der Waals surface area contributed by atoms with Crippen molar-refractivity contribution < 1.29 is 9.59 Å². The predicted molar refractivity (Wildman–Crippen MR) is 74.0 cm³/mol. The molecule has 0 aliphatic carbocycles. The van der Waals surface area contributed by atoms with Crippen LogP contribution in [0.5, 0.6) is 0 Å². The Bertz CT molecular complexity index is 448. The summed E-state index contributed by atoms with van der Waals surface area (Å²) in [5.41, 5.74) is 0.287. The van der Waals surface area contributed by atoms with E-state index in [1.165, 1.54) is 0 Å². The molecule has 2 amide bonds. The number of hydrogen-bond donors (Lipinski definition) is 3. The topological polar surface area (TPSA) is 83.1 Å². The van der Waals surface area contributed by atoms with Crippen LogP contribution in [0.25, 0.3) is 0 Å². The zero-order valence-electron chi connectivity index (χ0n) is 11.5. The molecule has 1 aromatic rings. The van der Waals surface area contributed by atoms with Gasteiger partial charge in [0.2, 0.25) is 5.91 Å². The van der Waals surface area contributed by atoms with Crippen LogP contribution in [0.2, 0.25) is 0 Å². The molecule has 1 atom stereocenters. The number of likely N-dealkylation sites (N-methyl/N-ethyl adjacent to an activating group) is 1. The van der Waals surface area contributed by atoms with Crippen LogP contribution in [0.15, 0.2) is 18.2 Å². The van der Waals surface area contributed by atoms with Crippen molar-refractivity contribution in [2.75, 3.05) is 18.4 Å². The van der Waals surface area contributed by atoms with E-state index in [2.05, 4.69) is 20.9 Å². The van der Waals surface area contributed by atoms with Crippen molar-refractivity contribution in [2.45, 2.75) is 26.8 Å². The molecular formula is C13H20N4O2. The average Bonchev–Trinajstić information content (AvgIpc) is 2.39. The lowest BCUT2D eigenvalue weighted by Crippen LogP contribution is -2.44. The Kier molecular flexibility index (Phi) is 5.78. The third kappa shape index (κ3) is 4.57. The van der Waals surface area contributed by atoms with Crippen molar-refractivity contribution in [2.24, 2.45) is 0 Å². The van der Waals surface area contributed by atoms with Crippen LogP contribution >= 0.6 is 0 Å². The molecule has 104 valence electrons. The average molecular weight is 264 g/mol. The van der Waals surface area contributed by atoms with Crippen LogP contribution in [0, 0.1) is 0 Å². The number of amides is 2. The van der Waals surface area contributed by atoms with Gasteiger partial charge in [-0.15, -0.1) is 0 Å². The number of aromatic nitrogens is 1. The molecule has 0 radical (unpaired) electrons. The van der Waals surface area contributed by atoms with Crippen LogP contribution in [-0.2, 0) is 4.79 Å². The molecule has 0 bridgehead atoms. The highest BCUT2D eigenvalue weighted by Gasteiger charge is 2.16. The molecule has 0 aliphatic heterocycles. The summed E-state index contributed by atoms with van der Waals surface area (Å²) in [5, 5.41) is 8.28. The van der Waals surface area contributed by atoms with Crippen molar-refractivity contribution in [3.8, 4) is 0 Å². The Labute approximate surface area is 113 Å². The normalized spacial score (nSPS) is 11.5. The molecule has 3 N–H and O–H groups in total. The minimum Gasteiger partial charge on any atom is -0.370 e. The summed E-state index contributed by atoms with van der Waals surface area (Å²) < 4.78 is 0. The maximum absolute atomic E-state index is 11.9. The van der Waals surface area contributed by atoms with Gasteiger partial charge in [-0.1, -0.05) is 6.07 Å². The van der Waals surface area contributed by atoms with Crippen LogP contribution < -0.4 is 16.0 Å². The Balaban J connectivity index is 2.67. The number of anilines is 1. The SMILES string of the molecule is CCNC(=O)C(C)NC(=O)c1cccc(NCC)n1. The van der Waals surface area contributed by atoms with Gasteiger partial charge in [0.05, 0.1) is 0 Å². The summed E-state index contributed by atoms with van der Waals surface area (Å²) >= 11 is 0. The van der Waals surface area contributed by atoms with Crippen molar-refractivity contribution in [3.05, 3.63) is 23.9 Å². The Morgan fingerprint density at radius 1 is 1.26 bits per heavy atom. The summed E-state index contributed by atoms with van der Waals surface area (Å²) in [6, 6.07) is 4.56. The number of pyridine rings is 1. The van der Waals surface area contributed by atoms with E-state index in [0.29, 0.717) is 12.4 Å². The largest absolute Gasteiger partial charge is 0.370 e. The standard InChI is InChI=1S/C13H20N4O2/c1-4-14-11-8-6-7-10(17-11)13(19)16-9(3)12(18)15-5-2/h6-9H,4-5H2,1-3H3,(H,14,17)(H,15,18)(H,16,19). The zero-order valence-corrected chi connectivity index (χ0v) is 11.5. The number of nitrogens with one attached hydrogen (secondary N) is 3. The summed E-state index contributed by atoms with van der Waals surface area (Å²) in [5.74, 6) is 0.0676. The van der Waals surface area contributed by atoms with Gasteiger partial charge in [-0.25, -0.2) is 4.98 Å². The molecular weight excluding hydrogens is 244 g/mol. The first-order valence-electron chi connectivity index (χ1n) is 6.38. The highest BCUT2D eigenvalue weighted by atomic mass is 16.2. The molecule has 0 saturated carbocycles. The maximum Gasteiger partial charge on any atom is 0.270 e. The van der Waals surface area contributed by atoms with Gasteiger partial charge in [0.1, 0.15) is 17.6 Å². The molecule has 1 aromatic heterocycles. The molecule has 6 heteroatoms. The van der Waals surface area contributed by atoms with E-state index < -0.39 is 6.04 Å². The number of rotatable bonds is 6. The lowest BCUT2D eigenvalue weighted by molar-refractivity contribution is -0.122. The molecule has 1 unspecified atom stereocenters. The lowest BCUT2D eigenvalue weighted by Gasteiger charge is -2.13. The van der Waals surface area contributed by atoms with Gasteiger partial charge in [0.25, 0.3) is 5.91 Å². The highest BCUT2D eigenvalue weighted by molar-refractivity contribution is 5.96. The third-order valence-electron chi connectivity index (χ3n) is 2.43. The molecule has 19 heavy (non-hydrogen) atoms. The first kappa shape index (κ1) is 14.9. The fourth-order valence-electron chi connectivity index (χ4n) is 1.50. The lowest BCUT2D eigenvalue weighted by atomic mass is 10.2. The van der Waals surface area contributed by atoms with Crippen molar-refractivity contribution in [1.29, 1.82) is 0 Å². The van der Waals surface area contributed by atoms with Crippen LogP contribution in [0.1, 0.15) is 31.3 Å². The van der Waals surface area contributed by atoms with Gasteiger partial charge in [0.15, 0.2) is 0 Å². The molecule has 0 aromatic carbocycles. The van der Waals surface area contributed by atoms with Crippen LogP contribution in [0.3, 0.4) is 0 Å². The second-order valence-electron chi connectivity index (χ2n) is 4.03. The van der Waals surface area contributed by atoms with E-state index in [9.17, 15) is 9.59 Å². The van der Waals surface area contributed by atoms with E-state index in [1.807, 2.05) is 13.8 Å². The Hall–Kier alpha value is -2.11. The summed E-state index contributed by atoms with van der Waals surface area (Å²) in [4.78, 5) is 27.6. The molecule has 1 heterocycles. The van der Waals surface area contributed by atoms with Crippen LogP contribution in [-0.4, -0.2) is 35.9 Å². The quantitative estimate of drug-likeness (QED) is 0.708. The van der Waals surface area contributed by atoms with E-state index >= 15 is 0 Å². The summed E-state index contributed by atoms with van der Waals surface area (Å²) in [6.07, 6.45) is 0. The molecule has 0 saturated heterocycles. The fourth-order valence-corrected chi connectivity index (χ4v) is 1.50. The van der Waals surface area contributed by atoms with Crippen molar-refractivity contribution in [1.82, 2.24) is 15.6 Å². The first-order chi connectivity index (χ1) is 9.08. The zero-order chi connectivity index (χ0) is 14.3. The number of hydrogen-bond acceptors (Lipinski definition) is 4. The van der Waals surface area contributed by atoms with E-state index in [0.717, 1.165) is 6.54 Å². The Morgan fingerprint density at radius 3 is 2.63 bits per heavy atom. The van der Waals surface area contributed by atoms with E-state index in [-0.39, 0.29) is 17.5 Å². The van der Waals surface area contributed by atoms with Crippen molar-refractivity contribution in [3.63, 3.8) is 0 Å². The summed E-state index contributed by atoms with van der Waals surface area (Å²) in [6.45, 7) is 6.68. The predicted octanol–water partition coefficient (Wildman–Crippen LogP) is 0.768. The van der Waals surface area contributed by atoms with Crippen LogP contribution in [0.4, 0.5) is 5.82 Å². The second-order valence-corrected chi connectivity index (χ2v) is 4.03. The molecule has 0 aliphatic rings. The minimum atomic E-state index is -0.586. The maximum atomic E-state index is 11.9. The summed E-state index contributed by atoms with van der Waals surface area (Å²) in [7, 11) is 0. The van der Waals surface area contributed by atoms with Gasteiger partial charge < -0.3 is 16.0 Å². The second kappa shape index (κ2) is 7.35. The number of carbonyl (C=O) groups excluding carboxylic acids is 2. The fraction of sp³-hybridized carbons (Fsp3) is 0.462. The monoisotopic (exact) mass is 264 g/mol. The Morgan fingerprint density at radius 2 is 2.00 bits per heavy atom. The molecule has 6 nitrogen and oxygen atoms in total. The van der Waals surface area contributed by atoms with E-state index in [1.54, 1.807) is 25.1 Å². The van der Waals surface area contributed by atoms with E-state index in [4.69, 9.17) is 0 Å². The number of carbonyl (C=O) groups is 2. The van der Waals surface area contributed by atoms with Gasteiger partial charge in [-0.3, -0.25) is 9.59 Å². The smallest absolute Gasteiger partial charge is 0.270 e. The van der Waals surface area contributed by atoms with Gasteiger partial charge in [0, 0.05) is 13.1 Å². The van der Waals surface area contributed by atoms with Gasteiger partial charge in [-0.2, -0.15) is 0 Å². The highest BCUT2D eigenvalue weighted by Crippen LogP contribution is 2.04.